The summed E-state index contributed by atoms with van der Waals surface area (Å²) in [5.41, 5.74) is -0.211. The van der Waals surface area contributed by atoms with Crippen LogP contribution < -0.4 is 5.32 Å². The molecule has 1 unspecified atom stereocenters. The lowest BCUT2D eigenvalue weighted by atomic mass is 10.0. The van der Waals surface area contributed by atoms with E-state index in [1.807, 2.05) is 20.8 Å². The Balaban J connectivity index is 2.86. The van der Waals surface area contributed by atoms with Crippen LogP contribution >= 0.6 is 0 Å². The number of hydrogen-bond donors (Lipinski definition) is 1. The van der Waals surface area contributed by atoms with Crippen LogP contribution in [0.1, 0.15) is 34.1 Å². The molecule has 1 atom stereocenters. The van der Waals surface area contributed by atoms with Gasteiger partial charge in [0.15, 0.2) is 0 Å². The van der Waals surface area contributed by atoms with Crippen molar-refractivity contribution in [3.8, 4) is 0 Å². The van der Waals surface area contributed by atoms with Crippen molar-refractivity contribution in [2.75, 3.05) is 6.54 Å². The molecule has 0 aromatic rings. The lowest BCUT2D eigenvalue weighted by molar-refractivity contribution is -0.137. The average molecular weight is 198 g/mol. The molecule has 2 amide bonds. The largest absolute Gasteiger partial charge is 0.345 e. The molecule has 0 aromatic heterocycles. The minimum atomic E-state index is -0.399. The summed E-state index contributed by atoms with van der Waals surface area (Å²) in [4.78, 5) is 24.8. The van der Waals surface area contributed by atoms with E-state index in [4.69, 9.17) is 0 Å². The maximum absolute atomic E-state index is 11.8. The lowest BCUT2D eigenvalue weighted by Gasteiger charge is -2.35. The molecule has 4 nitrogen and oxygen atoms in total. The Morgan fingerprint density at radius 3 is 2.43 bits per heavy atom. The molecule has 1 N–H and O–H groups in total. The fourth-order valence-electron chi connectivity index (χ4n) is 1.60. The van der Waals surface area contributed by atoms with Crippen molar-refractivity contribution < 1.29 is 9.59 Å². The van der Waals surface area contributed by atoms with E-state index < -0.39 is 6.04 Å². The van der Waals surface area contributed by atoms with Gasteiger partial charge in [-0.2, -0.15) is 0 Å². The zero-order chi connectivity index (χ0) is 10.9. The molecular weight excluding hydrogens is 180 g/mol. The van der Waals surface area contributed by atoms with Crippen molar-refractivity contribution in [3.63, 3.8) is 0 Å². The highest BCUT2D eigenvalue weighted by Gasteiger charge is 2.32. The fraction of sp³-hybridized carbons (Fsp3) is 0.800. The first-order valence-electron chi connectivity index (χ1n) is 4.93. The zero-order valence-corrected chi connectivity index (χ0v) is 9.26. The first-order valence-corrected chi connectivity index (χ1v) is 4.93. The number of rotatable bonds is 0. The number of carbonyl (C=O) groups excluding carboxylic acids is 2. The Hall–Kier alpha value is -1.06. The Morgan fingerprint density at radius 1 is 1.36 bits per heavy atom. The summed E-state index contributed by atoms with van der Waals surface area (Å²) in [7, 11) is 0. The average Bonchev–Trinajstić information content (AvgIpc) is 2.11. The van der Waals surface area contributed by atoms with Crippen LogP contribution in [0, 0.1) is 0 Å². The molecule has 4 heteroatoms. The molecule has 1 saturated heterocycles. The summed E-state index contributed by atoms with van der Waals surface area (Å²) in [6.07, 6.45) is 0.396. The highest BCUT2D eigenvalue weighted by atomic mass is 16.2. The third-order valence-corrected chi connectivity index (χ3v) is 2.39. The Kier molecular flexibility index (Phi) is 2.83. The number of amides is 2. The molecule has 14 heavy (non-hydrogen) atoms. The number of nitrogens with one attached hydrogen (secondary N) is 1. The van der Waals surface area contributed by atoms with E-state index in [0.717, 1.165) is 0 Å². The predicted octanol–water partition coefficient (Wildman–Crippen LogP) is 0.522. The van der Waals surface area contributed by atoms with Gasteiger partial charge in [0, 0.05) is 18.5 Å². The molecule has 0 saturated carbocycles. The van der Waals surface area contributed by atoms with Crippen molar-refractivity contribution in [1.82, 2.24) is 10.2 Å². The highest BCUT2D eigenvalue weighted by Crippen LogP contribution is 2.17. The van der Waals surface area contributed by atoms with Crippen molar-refractivity contribution in [1.29, 1.82) is 0 Å². The molecule has 1 heterocycles. The van der Waals surface area contributed by atoms with Crippen LogP contribution in [-0.2, 0) is 9.59 Å². The Morgan fingerprint density at radius 2 is 1.93 bits per heavy atom. The van der Waals surface area contributed by atoms with E-state index >= 15 is 0 Å². The third kappa shape index (κ3) is 2.25. The first-order chi connectivity index (χ1) is 6.32. The van der Waals surface area contributed by atoms with Crippen LogP contribution in [0.2, 0.25) is 0 Å². The monoisotopic (exact) mass is 198 g/mol. The Labute approximate surface area is 84.7 Å². The van der Waals surface area contributed by atoms with Crippen LogP contribution in [0.15, 0.2) is 0 Å². The molecule has 80 valence electrons. The summed E-state index contributed by atoms with van der Waals surface area (Å²) in [6.45, 7) is 8.18. The van der Waals surface area contributed by atoms with Gasteiger partial charge in [0.1, 0.15) is 6.04 Å². The molecule has 0 aromatic carbocycles. The third-order valence-electron chi connectivity index (χ3n) is 2.39. The Bertz CT molecular complexity index is 255. The molecule has 0 spiro atoms. The van der Waals surface area contributed by atoms with Gasteiger partial charge in [0.05, 0.1) is 0 Å². The van der Waals surface area contributed by atoms with E-state index in [0.29, 0.717) is 13.0 Å². The molecule has 0 bridgehead atoms. The fourth-order valence-corrected chi connectivity index (χ4v) is 1.60. The van der Waals surface area contributed by atoms with Gasteiger partial charge in [-0.15, -0.1) is 0 Å². The summed E-state index contributed by atoms with van der Waals surface area (Å²) >= 11 is 0. The zero-order valence-electron chi connectivity index (χ0n) is 9.26. The first kappa shape index (κ1) is 11.0. The topological polar surface area (TPSA) is 49.4 Å². The van der Waals surface area contributed by atoms with Crippen LogP contribution in [0.25, 0.3) is 0 Å². The number of nitrogens with zero attached hydrogens (tertiary/aromatic N) is 1. The van der Waals surface area contributed by atoms with Crippen molar-refractivity contribution >= 4 is 11.8 Å². The minimum Gasteiger partial charge on any atom is -0.345 e. The van der Waals surface area contributed by atoms with Crippen molar-refractivity contribution in [2.45, 2.75) is 45.7 Å². The minimum absolute atomic E-state index is 0.00310. The molecule has 1 aliphatic heterocycles. The molecule has 0 aliphatic carbocycles. The van der Waals surface area contributed by atoms with Gasteiger partial charge in [-0.25, -0.2) is 0 Å². The molecular formula is C10H18N2O2. The van der Waals surface area contributed by atoms with Crippen LogP contribution in [0.3, 0.4) is 0 Å². The van der Waals surface area contributed by atoms with Gasteiger partial charge in [-0.3, -0.25) is 9.59 Å². The van der Waals surface area contributed by atoms with Gasteiger partial charge in [-0.1, -0.05) is 0 Å². The molecule has 1 fully saturated rings. The van der Waals surface area contributed by atoms with Gasteiger partial charge in [0.25, 0.3) is 0 Å². The van der Waals surface area contributed by atoms with Crippen LogP contribution in [0.4, 0.5) is 0 Å². The molecule has 0 radical (unpaired) electrons. The predicted molar refractivity (Wildman–Crippen MR) is 53.7 cm³/mol. The van der Waals surface area contributed by atoms with E-state index in [2.05, 4.69) is 5.32 Å². The van der Waals surface area contributed by atoms with E-state index in [-0.39, 0.29) is 17.4 Å². The van der Waals surface area contributed by atoms with Gasteiger partial charge < -0.3 is 10.2 Å². The summed E-state index contributed by atoms with van der Waals surface area (Å²) in [5, 5.41) is 2.66. The van der Waals surface area contributed by atoms with E-state index in [1.54, 1.807) is 11.8 Å². The smallest absolute Gasteiger partial charge is 0.245 e. The second-order valence-corrected chi connectivity index (χ2v) is 4.70. The number of carbonyl (C=O) groups is 2. The maximum atomic E-state index is 11.8. The van der Waals surface area contributed by atoms with Gasteiger partial charge >= 0.3 is 0 Å². The highest BCUT2D eigenvalue weighted by molar-refractivity contribution is 5.90. The van der Waals surface area contributed by atoms with E-state index in [1.165, 1.54) is 0 Å². The molecule has 1 aliphatic rings. The van der Waals surface area contributed by atoms with Crippen molar-refractivity contribution in [2.24, 2.45) is 0 Å². The summed E-state index contributed by atoms with van der Waals surface area (Å²) in [6, 6.07) is -0.399. The number of hydrogen-bond acceptors (Lipinski definition) is 2. The van der Waals surface area contributed by atoms with Gasteiger partial charge in [-0.05, 0) is 27.7 Å². The lowest BCUT2D eigenvalue weighted by Crippen LogP contribution is -2.50. The normalized spacial score (nSPS) is 24.6. The quantitative estimate of drug-likeness (QED) is 0.617. The second-order valence-electron chi connectivity index (χ2n) is 4.70. The molecule has 1 rings (SSSR count). The van der Waals surface area contributed by atoms with Gasteiger partial charge in [0.2, 0.25) is 11.8 Å². The van der Waals surface area contributed by atoms with Crippen molar-refractivity contribution in [3.05, 3.63) is 0 Å². The standard InChI is InChI=1S/C10H18N2O2/c1-7-9(14)12(10(2,3)4)6-5-8(13)11-7/h7H,5-6H2,1-4H3,(H,11,13). The second kappa shape index (κ2) is 3.59. The summed E-state index contributed by atoms with van der Waals surface area (Å²) in [5.74, 6) is -0.0408. The SMILES string of the molecule is CC1NC(=O)CCN(C(C)(C)C)C1=O. The maximum Gasteiger partial charge on any atom is 0.245 e. The van der Waals surface area contributed by atoms with Crippen LogP contribution in [-0.4, -0.2) is 34.8 Å². The van der Waals surface area contributed by atoms with Crippen LogP contribution in [0.5, 0.6) is 0 Å². The summed E-state index contributed by atoms with van der Waals surface area (Å²) < 4.78 is 0. The van der Waals surface area contributed by atoms with E-state index in [9.17, 15) is 9.59 Å².